The van der Waals surface area contributed by atoms with E-state index in [9.17, 15) is 18.0 Å². The van der Waals surface area contributed by atoms with Crippen LogP contribution in [0.4, 0.5) is 18.9 Å². The number of hydrogen-bond donors (Lipinski definition) is 1. The first kappa shape index (κ1) is 17.1. The Morgan fingerprint density at radius 2 is 1.57 bits per heavy atom. The number of nitrogens with one attached hydrogen (secondary N) is 1. The normalized spacial score (nSPS) is 12.1. The van der Waals surface area contributed by atoms with Crippen LogP contribution in [0.3, 0.4) is 0 Å². The summed E-state index contributed by atoms with van der Waals surface area (Å²) in [4.78, 5) is 12.5. The van der Waals surface area contributed by atoms with Gasteiger partial charge in [-0.1, -0.05) is 35.9 Å². The number of rotatable bonds is 3. The molecule has 0 heterocycles. The largest absolute Gasteiger partial charge is 0.416 e. The van der Waals surface area contributed by atoms with Crippen LogP contribution in [0, 0.1) is 6.92 Å². The quantitative estimate of drug-likeness (QED) is 0.853. The molecule has 0 saturated heterocycles. The molecule has 1 amide bonds. The summed E-state index contributed by atoms with van der Waals surface area (Å²) in [7, 11) is 0. The molecule has 5 heteroatoms. The van der Waals surface area contributed by atoms with Crippen molar-refractivity contribution in [3.05, 3.63) is 65.2 Å². The van der Waals surface area contributed by atoms with Gasteiger partial charge in [-0.3, -0.25) is 4.79 Å². The third-order valence-electron chi connectivity index (χ3n) is 3.79. The first-order valence-corrected chi connectivity index (χ1v) is 7.16. The number of hydrogen-bond acceptors (Lipinski definition) is 1. The van der Waals surface area contributed by atoms with Crippen LogP contribution < -0.4 is 5.32 Å². The number of anilines is 1. The second-order valence-corrected chi connectivity index (χ2v) is 6.02. The minimum Gasteiger partial charge on any atom is -0.325 e. The molecule has 0 saturated carbocycles. The monoisotopic (exact) mass is 321 g/mol. The van der Waals surface area contributed by atoms with Crippen LogP contribution in [-0.2, 0) is 16.4 Å². The van der Waals surface area contributed by atoms with Gasteiger partial charge in [-0.2, -0.15) is 13.2 Å². The van der Waals surface area contributed by atoms with Gasteiger partial charge >= 0.3 is 6.18 Å². The van der Waals surface area contributed by atoms with Gasteiger partial charge in [-0.25, -0.2) is 0 Å². The molecule has 0 atom stereocenters. The maximum Gasteiger partial charge on any atom is 0.416 e. The average Bonchev–Trinajstić information content (AvgIpc) is 2.47. The van der Waals surface area contributed by atoms with E-state index in [4.69, 9.17) is 0 Å². The highest BCUT2D eigenvalue weighted by molar-refractivity contribution is 5.98. The van der Waals surface area contributed by atoms with Crippen molar-refractivity contribution >= 4 is 11.6 Å². The van der Waals surface area contributed by atoms with Gasteiger partial charge in [-0.15, -0.1) is 0 Å². The maximum atomic E-state index is 12.7. The molecule has 2 rings (SSSR count). The highest BCUT2D eigenvalue weighted by Gasteiger charge is 2.32. The van der Waals surface area contributed by atoms with E-state index in [2.05, 4.69) is 5.32 Å². The summed E-state index contributed by atoms with van der Waals surface area (Å²) in [6.45, 7) is 5.42. The molecule has 0 fully saturated rings. The molecular weight excluding hydrogens is 303 g/mol. The van der Waals surface area contributed by atoms with Gasteiger partial charge in [0.25, 0.3) is 0 Å². The number of carbonyl (C=O) groups is 1. The number of aryl methyl sites for hydroxylation is 1. The summed E-state index contributed by atoms with van der Waals surface area (Å²) in [5.41, 5.74) is 0.353. The minimum absolute atomic E-state index is 0.130. The van der Waals surface area contributed by atoms with E-state index < -0.39 is 17.2 Å². The van der Waals surface area contributed by atoms with E-state index in [1.807, 2.05) is 31.2 Å². The zero-order valence-corrected chi connectivity index (χ0v) is 13.2. The van der Waals surface area contributed by atoms with Crippen LogP contribution in [-0.4, -0.2) is 5.91 Å². The van der Waals surface area contributed by atoms with Crippen LogP contribution in [0.25, 0.3) is 0 Å². The zero-order chi connectivity index (χ0) is 17.3. The van der Waals surface area contributed by atoms with E-state index in [-0.39, 0.29) is 11.6 Å². The summed E-state index contributed by atoms with van der Waals surface area (Å²) in [5, 5.41) is 2.57. The second kappa shape index (κ2) is 6.07. The van der Waals surface area contributed by atoms with Crippen molar-refractivity contribution in [2.75, 3.05) is 5.32 Å². The molecule has 0 aliphatic rings. The molecule has 0 aliphatic heterocycles. The highest BCUT2D eigenvalue weighted by atomic mass is 19.4. The summed E-state index contributed by atoms with van der Waals surface area (Å²) >= 11 is 0. The van der Waals surface area contributed by atoms with Gasteiger partial charge in [0.15, 0.2) is 0 Å². The smallest absolute Gasteiger partial charge is 0.325 e. The van der Waals surface area contributed by atoms with Crippen LogP contribution >= 0.6 is 0 Å². The van der Waals surface area contributed by atoms with E-state index in [0.717, 1.165) is 23.3 Å². The number of alkyl halides is 3. The van der Waals surface area contributed by atoms with Crippen molar-refractivity contribution in [3.8, 4) is 0 Å². The third kappa shape index (κ3) is 3.92. The Labute approximate surface area is 133 Å². The summed E-state index contributed by atoms with van der Waals surface area (Å²) in [6.07, 6.45) is -4.44. The molecule has 23 heavy (non-hydrogen) atoms. The predicted octanol–water partition coefficient (Wildman–Crippen LogP) is 4.93. The van der Waals surface area contributed by atoms with Crippen molar-refractivity contribution in [2.45, 2.75) is 32.4 Å². The lowest BCUT2D eigenvalue weighted by Gasteiger charge is -2.24. The fourth-order valence-corrected chi connectivity index (χ4v) is 2.16. The van der Waals surface area contributed by atoms with Crippen LogP contribution in [0.2, 0.25) is 0 Å². The molecule has 1 N–H and O–H groups in total. The molecule has 0 aromatic heterocycles. The van der Waals surface area contributed by atoms with Gasteiger partial charge < -0.3 is 5.32 Å². The lowest BCUT2D eigenvalue weighted by atomic mass is 9.83. The Hall–Kier alpha value is -2.30. The lowest BCUT2D eigenvalue weighted by molar-refractivity contribution is -0.137. The molecule has 0 aliphatic carbocycles. The van der Waals surface area contributed by atoms with Crippen LogP contribution in [0.1, 0.15) is 30.5 Å². The van der Waals surface area contributed by atoms with Crippen LogP contribution in [0.15, 0.2) is 48.5 Å². The fourth-order valence-electron chi connectivity index (χ4n) is 2.16. The first-order valence-electron chi connectivity index (χ1n) is 7.16. The highest BCUT2D eigenvalue weighted by Crippen LogP contribution is 2.31. The van der Waals surface area contributed by atoms with E-state index in [1.165, 1.54) is 12.1 Å². The van der Waals surface area contributed by atoms with E-state index in [0.29, 0.717) is 0 Å². The average molecular weight is 321 g/mol. The summed E-state index contributed by atoms with van der Waals surface area (Å²) < 4.78 is 38.2. The fraction of sp³-hybridized carbons (Fsp3) is 0.278. The number of carbonyl (C=O) groups excluding carboxylic acids is 1. The number of benzene rings is 2. The van der Waals surface area contributed by atoms with Gasteiger partial charge in [0.1, 0.15) is 0 Å². The van der Waals surface area contributed by atoms with Gasteiger partial charge in [0, 0.05) is 5.69 Å². The Bertz CT molecular complexity index is 703. The van der Waals surface area contributed by atoms with Gasteiger partial charge in [0.05, 0.1) is 11.0 Å². The molecule has 2 aromatic rings. The Balaban J connectivity index is 2.23. The number of amides is 1. The molecule has 122 valence electrons. The lowest BCUT2D eigenvalue weighted by Crippen LogP contribution is -2.34. The molecule has 0 spiro atoms. The summed E-state index contributed by atoms with van der Waals surface area (Å²) in [5.74, 6) is -0.360. The SMILES string of the molecule is Cc1ccc(C(C)(C)C(=O)Nc2cccc(C(F)(F)F)c2)cc1. The Kier molecular flexibility index (Phi) is 4.50. The minimum atomic E-state index is -4.44. The molecule has 0 unspecified atom stereocenters. The Morgan fingerprint density at radius 3 is 2.13 bits per heavy atom. The van der Waals surface area contributed by atoms with Gasteiger partial charge in [0.2, 0.25) is 5.91 Å². The molecule has 0 radical (unpaired) electrons. The third-order valence-corrected chi connectivity index (χ3v) is 3.79. The van der Waals surface area contributed by atoms with E-state index >= 15 is 0 Å². The molecule has 2 nitrogen and oxygen atoms in total. The Morgan fingerprint density at radius 1 is 0.957 bits per heavy atom. The standard InChI is InChI=1S/C18H18F3NO/c1-12-7-9-13(10-8-12)17(2,3)16(23)22-15-6-4-5-14(11-15)18(19,20)21/h4-11H,1-3H3,(H,22,23). The van der Waals surface area contributed by atoms with Crippen molar-refractivity contribution in [2.24, 2.45) is 0 Å². The predicted molar refractivity (Wildman–Crippen MR) is 84.3 cm³/mol. The maximum absolute atomic E-state index is 12.7. The summed E-state index contributed by atoms with van der Waals surface area (Å²) in [6, 6.07) is 12.1. The van der Waals surface area contributed by atoms with Crippen LogP contribution in [0.5, 0.6) is 0 Å². The van der Waals surface area contributed by atoms with Gasteiger partial charge in [-0.05, 0) is 44.5 Å². The molecular formula is C18H18F3NO. The zero-order valence-electron chi connectivity index (χ0n) is 13.2. The topological polar surface area (TPSA) is 29.1 Å². The van der Waals surface area contributed by atoms with Crippen molar-refractivity contribution in [1.82, 2.24) is 0 Å². The molecule has 0 bridgehead atoms. The second-order valence-electron chi connectivity index (χ2n) is 6.02. The van der Waals surface area contributed by atoms with Crippen molar-refractivity contribution in [1.29, 1.82) is 0 Å². The number of halogens is 3. The first-order chi connectivity index (χ1) is 10.6. The van der Waals surface area contributed by atoms with Crippen molar-refractivity contribution < 1.29 is 18.0 Å². The molecule has 2 aromatic carbocycles. The van der Waals surface area contributed by atoms with E-state index in [1.54, 1.807) is 13.8 Å². The van der Waals surface area contributed by atoms with Crippen molar-refractivity contribution in [3.63, 3.8) is 0 Å².